The fraction of sp³-hybridized carbons (Fsp3) is 0.556. The van der Waals surface area contributed by atoms with Gasteiger partial charge in [0.1, 0.15) is 0 Å². The van der Waals surface area contributed by atoms with Gasteiger partial charge in [0.25, 0.3) is 0 Å². The van der Waals surface area contributed by atoms with Crippen molar-refractivity contribution in [3.63, 3.8) is 0 Å². The van der Waals surface area contributed by atoms with Gasteiger partial charge < -0.3 is 6.42 Å². The molecule has 0 aliphatic rings. The van der Waals surface area contributed by atoms with Gasteiger partial charge in [-0.15, -0.1) is 6.92 Å². The Kier molecular flexibility index (Phi) is 23.2. The summed E-state index contributed by atoms with van der Waals surface area (Å²) in [4.78, 5) is 0. The van der Waals surface area contributed by atoms with Crippen molar-refractivity contribution in [2.24, 2.45) is 0 Å². The van der Waals surface area contributed by atoms with E-state index < -0.39 is 0 Å². The predicted octanol–water partition coefficient (Wildman–Crippen LogP) is 6.47. The van der Waals surface area contributed by atoms with Crippen LogP contribution in [0, 0.1) is 13.3 Å². The van der Waals surface area contributed by atoms with Crippen molar-refractivity contribution < 1.29 is 32.7 Å². The first kappa shape index (κ1) is 24.2. The smallest absolute Gasteiger partial charge is 0 e. The van der Waals surface area contributed by atoms with Crippen molar-refractivity contribution in [3.8, 4) is 0 Å². The first-order valence-electron chi connectivity index (χ1n) is 6.95. The maximum Gasteiger partial charge on any atom is 0 e. The third-order valence-electron chi connectivity index (χ3n) is 2.47. The molecule has 19 heavy (non-hydrogen) atoms. The van der Waals surface area contributed by atoms with E-state index in [9.17, 15) is 0 Å². The minimum atomic E-state index is 0. The van der Waals surface area contributed by atoms with E-state index in [0.717, 1.165) is 12.8 Å². The van der Waals surface area contributed by atoms with Gasteiger partial charge >= 0.3 is 0 Å². The Morgan fingerprint density at radius 3 is 1.74 bits per heavy atom. The van der Waals surface area contributed by atoms with Crippen LogP contribution in [0.1, 0.15) is 67.2 Å². The van der Waals surface area contributed by atoms with Crippen LogP contribution >= 0.6 is 0 Å². The summed E-state index contributed by atoms with van der Waals surface area (Å²) in [5.74, 6) is 0. The number of rotatable bonds is 6. The van der Waals surface area contributed by atoms with Gasteiger partial charge in [-0.25, -0.2) is 18.6 Å². The summed E-state index contributed by atoms with van der Waals surface area (Å²) in [5, 5.41) is 0. The summed E-state index contributed by atoms with van der Waals surface area (Å²) < 4.78 is 0. The third kappa shape index (κ3) is 23.7. The van der Waals surface area contributed by atoms with Gasteiger partial charge in [-0.2, -0.15) is 13.8 Å². The van der Waals surface area contributed by atoms with E-state index in [1.807, 2.05) is 26.3 Å². The Bertz CT molecular complexity index is 265. The summed E-state index contributed by atoms with van der Waals surface area (Å²) in [6, 6.07) is 0. The van der Waals surface area contributed by atoms with Gasteiger partial charge in [-0.1, -0.05) is 29.7 Å². The van der Waals surface area contributed by atoms with Gasteiger partial charge in [0, 0.05) is 32.7 Å². The van der Waals surface area contributed by atoms with Gasteiger partial charge in [0.05, 0.1) is 0 Å². The molecule has 0 N–H and O–H groups in total. The Morgan fingerprint density at radius 2 is 1.32 bits per heavy atom. The molecule has 0 aromatic heterocycles. The minimum Gasteiger partial charge on any atom is -0.335 e. The van der Waals surface area contributed by atoms with E-state index in [0.29, 0.717) is 0 Å². The molecule has 0 saturated heterocycles. The molecule has 0 amide bonds. The molecule has 0 nitrogen and oxygen atoms in total. The second-order valence-corrected chi connectivity index (χ2v) is 5.04. The number of allylic oxidation sites excluding steroid dienone is 6. The fourth-order valence-corrected chi connectivity index (χ4v) is 1.34. The van der Waals surface area contributed by atoms with Gasteiger partial charge in [-0.05, 0) is 40.0 Å². The molecule has 0 rings (SSSR count). The van der Waals surface area contributed by atoms with Crippen LogP contribution in [0.3, 0.4) is 0 Å². The van der Waals surface area contributed by atoms with Crippen LogP contribution in [0.15, 0.2) is 34.9 Å². The molecule has 0 fully saturated rings. The van der Waals surface area contributed by atoms with E-state index in [1.165, 1.54) is 29.6 Å². The summed E-state index contributed by atoms with van der Waals surface area (Å²) in [5.41, 5.74) is 4.30. The normalized spacial score (nSPS) is 11.1. The van der Waals surface area contributed by atoms with Gasteiger partial charge in [0.15, 0.2) is 0 Å². The zero-order chi connectivity index (χ0) is 14.4. The zero-order valence-corrected chi connectivity index (χ0v) is 16.8. The summed E-state index contributed by atoms with van der Waals surface area (Å²) in [6.07, 6.45) is 13.3. The molecular weight excluding hydrogens is 305 g/mol. The van der Waals surface area contributed by atoms with Crippen LogP contribution in [0.5, 0.6) is 0 Å². The Hall–Kier alpha value is 0.194. The van der Waals surface area contributed by atoms with Gasteiger partial charge in [-0.3, -0.25) is 0 Å². The molecule has 0 unspecified atom stereocenters. The van der Waals surface area contributed by atoms with Crippen LogP contribution in [-0.4, -0.2) is 0 Å². The fourth-order valence-electron chi connectivity index (χ4n) is 1.34. The molecule has 0 bridgehead atoms. The minimum absolute atomic E-state index is 0. The molecule has 0 aliphatic heterocycles. The predicted molar refractivity (Wildman–Crippen MR) is 86.4 cm³/mol. The van der Waals surface area contributed by atoms with Crippen molar-refractivity contribution in [2.75, 3.05) is 0 Å². The maximum atomic E-state index is 3.76. The summed E-state index contributed by atoms with van der Waals surface area (Å²) in [6.45, 7) is 16.4. The topological polar surface area (TPSA) is 0 Å². The van der Waals surface area contributed by atoms with Crippen molar-refractivity contribution >= 4 is 0 Å². The number of hydrogen-bond donors (Lipinski definition) is 0. The molecule has 0 aromatic rings. The van der Waals surface area contributed by atoms with E-state index >= 15 is 0 Å². The van der Waals surface area contributed by atoms with Crippen LogP contribution in [0.25, 0.3) is 0 Å². The average Bonchev–Trinajstić information content (AvgIpc) is 2.29. The largest absolute Gasteiger partial charge is 0.335 e. The first-order chi connectivity index (χ1) is 8.47. The molecule has 0 heterocycles. The molecule has 0 aliphatic carbocycles. The summed E-state index contributed by atoms with van der Waals surface area (Å²) in [7, 11) is 0. The molecular formula is C18H32Y-2. The molecule has 1 heteroatoms. The first-order valence-corrected chi connectivity index (χ1v) is 6.95. The Balaban J connectivity index is -0.000000580. The zero-order valence-electron chi connectivity index (χ0n) is 13.9. The van der Waals surface area contributed by atoms with E-state index in [4.69, 9.17) is 0 Å². The van der Waals surface area contributed by atoms with Crippen molar-refractivity contribution in [3.05, 3.63) is 48.3 Å². The molecule has 109 valence electrons. The van der Waals surface area contributed by atoms with Crippen molar-refractivity contribution in [2.45, 2.75) is 67.2 Å². The van der Waals surface area contributed by atoms with Gasteiger partial charge in [0.2, 0.25) is 0 Å². The Morgan fingerprint density at radius 1 is 0.895 bits per heavy atom. The molecule has 0 spiro atoms. The second-order valence-electron chi connectivity index (χ2n) is 5.04. The van der Waals surface area contributed by atoms with Crippen LogP contribution in [-0.2, 0) is 32.7 Å². The SMILES string of the molecule is C[CH-]C.[CH2-]/C=C(\C)CC/C=C(\C)CCC=C(C)C.[Y]. The Labute approximate surface area is 147 Å². The second kappa shape index (κ2) is 18.2. The van der Waals surface area contributed by atoms with E-state index in [-0.39, 0.29) is 32.7 Å². The third-order valence-corrected chi connectivity index (χ3v) is 2.47. The molecule has 0 saturated carbocycles. The molecule has 0 aromatic carbocycles. The molecule has 1 radical (unpaired) electrons. The van der Waals surface area contributed by atoms with Crippen molar-refractivity contribution in [1.29, 1.82) is 0 Å². The number of hydrogen-bond acceptors (Lipinski definition) is 0. The van der Waals surface area contributed by atoms with Crippen LogP contribution in [0.4, 0.5) is 0 Å². The maximum absolute atomic E-state index is 3.76. The molecule has 0 atom stereocenters. The standard InChI is InChI=1S/C15H25.C3H7.Y/c1-6-14(4)10-8-12-15(5)11-7-9-13(2)3;1-3-2;/h6,9,12H,1,7-8,10-11H2,2-5H3;3H,1-2H3;/q2*-1;/b14-6+,15-12+;;. The van der Waals surface area contributed by atoms with E-state index in [2.05, 4.69) is 46.8 Å². The van der Waals surface area contributed by atoms with Crippen LogP contribution < -0.4 is 0 Å². The quantitative estimate of drug-likeness (QED) is 0.385. The van der Waals surface area contributed by atoms with Crippen molar-refractivity contribution in [1.82, 2.24) is 0 Å². The monoisotopic (exact) mass is 337 g/mol. The average molecular weight is 337 g/mol. The van der Waals surface area contributed by atoms with E-state index in [1.54, 1.807) is 0 Å². The van der Waals surface area contributed by atoms with Crippen LogP contribution in [0.2, 0.25) is 0 Å². The summed E-state index contributed by atoms with van der Waals surface area (Å²) >= 11 is 0.